The van der Waals surface area contributed by atoms with E-state index < -0.39 is 10.0 Å². The summed E-state index contributed by atoms with van der Waals surface area (Å²) in [7, 11) is -1.43. The smallest absolute Gasteiger partial charge is 0.211 e. The molecule has 0 aromatic carbocycles. The second kappa shape index (κ2) is 13.1. The standard InChI is InChI=1S/C15H33N5O3S.HI/c1-5-24(21,22)19-7-6-17-15(16-4)18-12-14(13(2)3)20-8-10-23-11-9-20;/h13-14,19H,5-12H2,1-4H3,(H2,16,17,18);1H. The normalized spacial score (nSPS) is 17.9. The second-order valence-electron chi connectivity index (χ2n) is 6.14. The predicted molar refractivity (Wildman–Crippen MR) is 113 cm³/mol. The summed E-state index contributed by atoms with van der Waals surface area (Å²) in [6, 6.07) is 0.408. The Bertz CT molecular complexity index is 482. The minimum atomic E-state index is -3.14. The highest BCUT2D eigenvalue weighted by Gasteiger charge is 2.23. The number of rotatable bonds is 9. The first-order valence-corrected chi connectivity index (χ1v) is 10.3. The van der Waals surface area contributed by atoms with E-state index in [1.165, 1.54) is 0 Å². The average molecular weight is 491 g/mol. The molecule has 0 aromatic heterocycles. The van der Waals surface area contributed by atoms with E-state index in [0.29, 0.717) is 31.0 Å². The topological polar surface area (TPSA) is 95.1 Å². The Morgan fingerprint density at radius 2 is 1.84 bits per heavy atom. The molecule has 150 valence electrons. The molecule has 1 atom stereocenters. The van der Waals surface area contributed by atoms with Gasteiger partial charge in [-0.1, -0.05) is 13.8 Å². The van der Waals surface area contributed by atoms with E-state index in [0.717, 1.165) is 32.8 Å². The SMILES string of the molecule is CCS(=O)(=O)NCCNC(=NC)NCC(C(C)C)N1CCOCC1.I. The third-order valence-electron chi connectivity index (χ3n) is 4.11. The summed E-state index contributed by atoms with van der Waals surface area (Å²) in [6.45, 7) is 11.2. The third kappa shape index (κ3) is 9.92. The molecule has 0 radical (unpaired) electrons. The minimum Gasteiger partial charge on any atom is -0.379 e. The highest BCUT2D eigenvalue weighted by atomic mass is 127. The second-order valence-corrected chi connectivity index (χ2v) is 8.23. The molecule has 1 saturated heterocycles. The van der Waals surface area contributed by atoms with E-state index in [-0.39, 0.29) is 29.7 Å². The molecule has 1 unspecified atom stereocenters. The fourth-order valence-corrected chi connectivity index (χ4v) is 3.22. The molecule has 1 rings (SSSR count). The number of ether oxygens (including phenoxy) is 1. The van der Waals surface area contributed by atoms with Crippen molar-refractivity contribution in [3.63, 3.8) is 0 Å². The molecular weight excluding hydrogens is 457 g/mol. The van der Waals surface area contributed by atoms with Gasteiger partial charge in [-0.05, 0) is 12.8 Å². The van der Waals surface area contributed by atoms with Crippen LogP contribution in [0, 0.1) is 5.92 Å². The van der Waals surface area contributed by atoms with Crippen LogP contribution in [-0.4, -0.2) is 84.1 Å². The maximum atomic E-state index is 11.4. The van der Waals surface area contributed by atoms with Gasteiger partial charge < -0.3 is 15.4 Å². The van der Waals surface area contributed by atoms with Crippen LogP contribution in [0.2, 0.25) is 0 Å². The first kappa shape index (κ1) is 24.8. The average Bonchev–Trinajstić information content (AvgIpc) is 2.57. The first-order valence-electron chi connectivity index (χ1n) is 8.63. The van der Waals surface area contributed by atoms with E-state index >= 15 is 0 Å². The molecule has 1 aliphatic heterocycles. The third-order valence-corrected chi connectivity index (χ3v) is 5.51. The maximum absolute atomic E-state index is 11.4. The van der Waals surface area contributed by atoms with Crippen LogP contribution < -0.4 is 15.4 Å². The van der Waals surface area contributed by atoms with Crippen molar-refractivity contribution in [1.82, 2.24) is 20.3 Å². The fraction of sp³-hybridized carbons (Fsp3) is 0.933. The number of morpholine rings is 1. The van der Waals surface area contributed by atoms with Crippen molar-refractivity contribution in [3.8, 4) is 0 Å². The quantitative estimate of drug-likeness (QED) is 0.183. The number of sulfonamides is 1. The Balaban J connectivity index is 0.00000576. The summed E-state index contributed by atoms with van der Waals surface area (Å²) < 4.78 is 30.7. The zero-order valence-corrected chi connectivity index (χ0v) is 18.9. The number of hydrogen-bond acceptors (Lipinski definition) is 5. The summed E-state index contributed by atoms with van der Waals surface area (Å²) in [6.07, 6.45) is 0. The number of guanidine groups is 1. The number of aliphatic imine (C=N–C) groups is 1. The van der Waals surface area contributed by atoms with Crippen LogP contribution in [0.3, 0.4) is 0 Å². The van der Waals surface area contributed by atoms with Crippen LogP contribution in [0.1, 0.15) is 20.8 Å². The molecule has 10 heteroatoms. The highest BCUT2D eigenvalue weighted by Crippen LogP contribution is 2.12. The van der Waals surface area contributed by atoms with Gasteiger partial charge in [-0.3, -0.25) is 9.89 Å². The molecule has 3 N–H and O–H groups in total. The van der Waals surface area contributed by atoms with Crippen LogP contribution in [0.15, 0.2) is 4.99 Å². The number of nitrogens with one attached hydrogen (secondary N) is 3. The summed E-state index contributed by atoms with van der Waals surface area (Å²) >= 11 is 0. The van der Waals surface area contributed by atoms with Gasteiger partial charge in [0.05, 0.1) is 19.0 Å². The van der Waals surface area contributed by atoms with Crippen LogP contribution in [-0.2, 0) is 14.8 Å². The van der Waals surface area contributed by atoms with Crippen LogP contribution in [0.4, 0.5) is 0 Å². The highest BCUT2D eigenvalue weighted by molar-refractivity contribution is 14.0. The van der Waals surface area contributed by atoms with E-state index in [9.17, 15) is 8.42 Å². The number of hydrogen-bond donors (Lipinski definition) is 3. The van der Waals surface area contributed by atoms with Gasteiger partial charge in [-0.15, -0.1) is 24.0 Å². The molecule has 25 heavy (non-hydrogen) atoms. The fourth-order valence-electron chi connectivity index (χ4n) is 2.61. The van der Waals surface area contributed by atoms with Crippen molar-refractivity contribution >= 4 is 40.0 Å². The zero-order chi connectivity index (χ0) is 18.0. The van der Waals surface area contributed by atoms with Gasteiger partial charge >= 0.3 is 0 Å². The molecule has 0 aromatic rings. The predicted octanol–water partition coefficient (Wildman–Crippen LogP) is 0.0655. The van der Waals surface area contributed by atoms with E-state index in [1.807, 2.05) is 0 Å². The van der Waals surface area contributed by atoms with E-state index in [2.05, 4.69) is 39.1 Å². The van der Waals surface area contributed by atoms with Gasteiger partial charge in [0, 0.05) is 45.8 Å². The Labute approximate surface area is 169 Å². The zero-order valence-electron chi connectivity index (χ0n) is 15.7. The molecule has 0 spiro atoms. The van der Waals surface area contributed by atoms with Crippen molar-refractivity contribution in [1.29, 1.82) is 0 Å². The lowest BCUT2D eigenvalue weighted by atomic mass is 10.0. The minimum absolute atomic E-state index is 0. The van der Waals surface area contributed by atoms with Crippen molar-refractivity contribution in [3.05, 3.63) is 0 Å². The number of halogens is 1. The number of nitrogens with zero attached hydrogens (tertiary/aromatic N) is 2. The summed E-state index contributed by atoms with van der Waals surface area (Å²) in [5, 5.41) is 6.47. The van der Waals surface area contributed by atoms with Crippen LogP contribution >= 0.6 is 24.0 Å². The van der Waals surface area contributed by atoms with Gasteiger partial charge in [-0.25, -0.2) is 13.1 Å². The molecule has 0 saturated carbocycles. The Morgan fingerprint density at radius 1 is 1.20 bits per heavy atom. The van der Waals surface area contributed by atoms with Gasteiger partial charge in [0.15, 0.2) is 5.96 Å². The lowest BCUT2D eigenvalue weighted by molar-refractivity contribution is 0.00752. The Kier molecular flexibility index (Phi) is 13.0. The summed E-state index contributed by atoms with van der Waals surface area (Å²) in [5.41, 5.74) is 0. The van der Waals surface area contributed by atoms with Gasteiger partial charge in [0.25, 0.3) is 0 Å². The Morgan fingerprint density at radius 3 is 2.36 bits per heavy atom. The van der Waals surface area contributed by atoms with Crippen molar-refractivity contribution in [2.45, 2.75) is 26.8 Å². The van der Waals surface area contributed by atoms with Crippen LogP contribution in [0.25, 0.3) is 0 Å². The van der Waals surface area contributed by atoms with Crippen molar-refractivity contribution in [2.24, 2.45) is 10.9 Å². The molecule has 0 aliphatic carbocycles. The maximum Gasteiger partial charge on any atom is 0.211 e. The van der Waals surface area contributed by atoms with Crippen LogP contribution in [0.5, 0.6) is 0 Å². The molecular formula is C15H34IN5O3S. The summed E-state index contributed by atoms with van der Waals surface area (Å²) in [4.78, 5) is 6.64. The molecule has 0 amide bonds. The summed E-state index contributed by atoms with van der Waals surface area (Å²) in [5.74, 6) is 1.30. The lowest BCUT2D eigenvalue weighted by Crippen LogP contribution is -2.53. The lowest BCUT2D eigenvalue weighted by Gasteiger charge is -2.37. The molecule has 0 bridgehead atoms. The molecule has 1 aliphatic rings. The molecule has 8 nitrogen and oxygen atoms in total. The van der Waals surface area contributed by atoms with Gasteiger partial charge in [0.2, 0.25) is 10.0 Å². The van der Waals surface area contributed by atoms with E-state index in [4.69, 9.17) is 4.74 Å². The van der Waals surface area contributed by atoms with Gasteiger partial charge in [0.1, 0.15) is 0 Å². The van der Waals surface area contributed by atoms with Gasteiger partial charge in [-0.2, -0.15) is 0 Å². The first-order chi connectivity index (χ1) is 11.4. The molecule has 1 fully saturated rings. The molecule has 1 heterocycles. The van der Waals surface area contributed by atoms with Crippen molar-refractivity contribution < 1.29 is 13.2 Å². The van der Waals surface area contributed by atoms with Crippen molar-refractivity contribution in [2.75, 3.05) is 58.7 Å². The monoisotopic (exact) mass is 491 g/mol. The largest absolute Gasteiger partial charge is 0.379 e. The Hall–Kier alpha value is -0.170. The van der Waals surface area contributed by atoms with E-state index in [1.54, 1.807) is 14.0 Å².